The highest BCUT2D eigenvalue weighted by atomic mass is 19.4. The zero-order valence-electron chi connectivity index (χ0n) is 48.4. The molecule has 6 heterocycles. The molecule has 6 aromatic rings. The third kappa shape index (κ3) is 12.0. The first-order valence-corrected chi connectivity index (χ1v) is 28.6. The number of aliphatic hydroxyl groups excluding tert-OH is 1. The molecule has 7 N–H and O–H groups in total. The van der Waals surface area contributed by atoms with Crippen LogP contribution in [0.25, 0.3) is 33.8 Å². The number of aromatic nitrogens is 9. The molecule has 450 valence electrons. The monoisotopic (exact) mass is 1160 g/mol. The summed E-state index contributed by atoms with van der Waals surface area (Å²) in [5, 5.41) is 23.3. The Labute approximate surface area is 478 Å². The Morgan fingerprint density at radius 2 is 0.831 bits per heavy atom. The molecule has 12 rings (SSSR count). The molecule has 0 saturated heterocycles. The molecule has 0 radical (unpaired) electrons. The van der Waals surface area contributed by atoms with Crippen LogP contribution in [0.4, 0.5) is 52.6 Å². The van der Waals surface area contributed by atoms with Crippen LogP contribution in [0.3, 0.4) is 0 Å². The lowest BCUT2D eigenvalue weighted by Crippen LogP contribution is -2.26. The Kier molecular flexibility index (Phi) is 16.2. The van der Waals surface area contributed by atoms with Gasteiger partial charge in [0.15, 0.2) is 11.6 Å². The second-order valence-electron chi connectivity index (χ2n) is 25.0. The molecule has 6 unspecified atom stereocenters. The van der Waals surface area contributed by atoms with Crippen LogP contribution in [0.5, 0.6) is 5.75 Å². The predicted molar refractivity (Wildman–Crippen MR) is 300 cm³/mol. The molecule has 0 spiro atoms. The quantitative estimate of drug-likeness (QED) is 0.0750. The topological polar surface area (TPSA) is 206 Å². The average Bonchev–Trinajstić information content (AvgIpc) is 2.01. The molecule has 0 aromatic carbocycles. The summed E-state index contributed by atoms with van der Waals surface area (Å²) >= 11 is 0. The molecule has 6 saturated carbocycles. The maximum atomic E-state index is 13.2. The van der Waals surface area contributed by atoms with Gasteiger partial charge in [0.25, 0.3) is 0 Å². The van der Waals surface area contributed by atoms with E-state index in [0.717, 1.165) is 36.4 Å². The van der Waals surface area contributed by atoms with Crippen molar-refractivity contribution in [2.45, 2.75) is 147 Å². The lowest BCUT2D eigenvalue weighted by molar-refractivity contribution is -0.137. The van der Waals surface area contributed by atoms with Gasteiger partial charge in [0.2, 0.25) is 0 Å². The SMILES string of the molecule is CC(C)n1nc(-c2cnc(N)c(C(F)(F)F)c2)cc1C1[C@H]2CC(N(C)C)C[C@@H]12.CC(C)n1nc(-c2cnc(N)c(C(F)(F)F)c2)cc1C1[C@H]2CC(N(C)C)C[C@@H]12.CC(C)n1nc(-c2cnc(N)c(OC(F)F)c2)cc1C1[C@H]2CC(CO)C[C@@H]12. The molecule has 0 bridgehead atoms. The van der Waals surface area contributed by atoms with Crippen molar-refractivity contribution in [3.8, 4) is 39.5 Å². The van der Waals surface area contributed by atoms with Crippen molar-refractivity contribution in [1.82, 2.24) is 54.1 Å². The van der Waals surface area contributed by atoms with Crippen LogP contribution in [0, 0.1) is 41.4 Å². The van der Waals surface area contributed by atoms with E-state index < -0.39 is 41.7 Å². The Balaban J connectivity index is 0.000000139. The van der Waals surface area contributed by atoms with E-state index in [0.29, 0.717) is 105 Å². The molecule has 83 heavy (non-hydrogen) atoms. The van der Waals surface area contributed by atoms with Crippen LogP contribution in [0.15, 0.2) is 55.0 Å². The molecule has 6 aromatic heterocycles. The molecule has 24 heteroatoms. The first-order valence-electron chi connectivity index (χ1n) is 28.6. The van der Waals surface area contributed by atoms with Crippen LogP contribution in [-0.4, -0.2) is 113 Å². The normalized spacial score (nSPS) is 26.8. The number of alkyl halides is 8. The van der Waals surface area contributed by atoms with E-state index in [-0.39, 0.29) is 36.3 Å². The number of ether oxygens (including phenoxy) is 1. The van der Waals surface area contributed by atoms with Crippen molar-refractivity contribution >= 4 is 17.5 Å². The Morgan fingerprint density at radius 3 is 1.12 bits per heavy atom. The van der Waals surface area contributed by atoms with Crippen molar-refractivity contribution in [3.63, 3.8) is 0 Å². The van der Waals surface area contributed by atoms with E-state index >= 15 is 0 Å². The highest BCUT2D eigenvalue weighted by Crippen LogP contribution is 2.66. The van der Waals surface area contributed by atoms with Crippen LogP contribution in [-0.2, 0) is 12.4 Å². The number of nitrogens with zero attached hydrogens (tertiary/aromatic N) is 11. The number of pyridine rings is 3. The zero-order valence-corrected chi connectivity index (χ0v) is 48.4. The summed E-state index contributed by atoms with van der Waals surface area (Å²) in [6.07, 6.45) is 1.99. The first kappa shape index (κ1) is 59.7. The summed E-state index contributed by atoms with van der Waals surface area (Å²) in [6.45, 7) is 9.62. The molecule has 6 fully saturated rings. The number of aliphatic hydroxyl groups is 1. The molecule has 16 nitrogen and oxygen atoms in total. The van der Waals surface area contributed by atoms with Crippen molar-refractivity contribution < 1.29 is 45.0 Å². The fourth-order valence-corrected chi connectivity index (χ4v) is 14.0. The fraction of sp³-hybridized carbons (Fsp3) is 0.593. The minimum absolute atomic E-state index is 0.0747. The van der Waals surface area contributed by atoms with Crippen molar-refractivity contribution in [3.05, 3.63) is 83.2 Å². The molecule has 0 amide bonds. The Morgan fingerprint density at radius 1 is 0.518 bits per heavy atom. The second-order valence-corrected chi connectivity index (χ2v) is 25.0. The Hall–Kier alpha value is -6.40. The molecule has 6 aliphatic rings. The number of anilines is 3. The van der Waals surface area contributed by atoms with Gasteiger partial charge in [-0.2, -0.15) is 50.4 Å². The molecular formula is C59H76F8N14O2. The average molecular weight is 1170 g/mol. The number of nitrogens with two attached hydrogens (primary N) is 3. The number of hydrogen-bond donors (Lipinski definition) is 4. The van der Waals surface area contributed by atoms with Gasteiger partial charge in [-0.15, -0.1) is 0 Å². The summed E-state index contributed by atoms with van der Waals surface area (Å²) in [5.74, 6) is 4.31. The number of hydrogen-bond acceptors (Lipinski definition) is 13. The summed E-state index contributed by atoms with van der Waals surface area (Å²) in [6, 6.07) is 11.2. The first-order chi connectivity index (χ1) is 39.0. The van der Waals surface area contributed by atoms with Crippen LogP contribution in [0.2, 0.25) is 0 Å². The summed E-state index contributed by atoms with van der Waals surface area (Å²) < 4.78 is 115. The van der Waals surface area contributed by atoms with Crippen LogP contribution in [0.1, 0.15) is 144 Å². The molecule has 0 aliphatic heterocycles. The van der Waals surface area contributed by atoms with E-state index in [4.69, 9.17) is 22.3 Å². The summed E-state index contributed by atoms with van der Waals surface area (Å²) in [5.41, 5.74) is 21.1. The van der Waals surface area contributed by atoms with Gasteiger partial charge in [-0.25, -0.2) is 15.0 Å². The standard InChI is InChI=1S/2C20H26F3N5.C19H24F2N4O2/c2*1-10(2)28-17(18-13-6-12(27(3)4)7-14(13)18)8-16(26-28)11-5-15(20(21,22)23)19(24)25-9-11;1-9(2)25-15(17-12-3-10(8-26)4-13(12)17)6-14(24-25)11-5-16(27-19(20)21)18(22)23-7-11/h2*5,8-10,12-14,18H,6-7H2,1-4H3,(H2,24,25);5-7,9-10,12-13,17,19,26H,3-4,8H2,1-2H3,(H2,22,23)/t2*12?,13-,14+,18?;10?,12-,13+,17?. The summed E-state index contributed by atoms with van der Waals surface area (Å²) in [7, 11) is 8.47. The van der Waals surface area contributed by atoms with Gasteiger partial charge >= 0.3 is 19.0 Å². The van der Waals surface area contributed by atoms with Gasteiger partial charge in [-0.3, -0.25) is 14.0 Å². The number of halogens is 8. The molecule has 6 aliphatic carbocycles. The summed E-state index contributed by atoms with van der Waals surface area (Å²) in [4.78, 5) is 16.1. The van der Waals surface area contributed by atoms with Gasteiger partial charge in [-0.05, 0) is 186 Å². The third-order valence-corrected chi connectivity index (χ3v) is 18.3. The minimum Gasteiger partial charge on any atom is -0.431 e. The molecular weight excluding hydrogens is 1090 g/mol. The van der Waals surface area contributed by atoms with Gasteiger partial charge in [-0.1, -0.05) is 0 Å². The number of rotatable bonds is 14. The zero-order chi connectivity index (χ0) is 60.0. The lowest BCUT2D eigenvalue weighted by atomic mass is 9.99. The molecule has 12 atom stereocenters. The maximum Gasteiger partial charge on any atom is 0.419 e. The third-order valence-electron chi connectivity index (χ3n) is 18.3. The maximum absolute atomic E-state index is 13.2. The van der Waals surface area contributed by atoms with E-state index in [1.54, 1.807) is 0 Å². The van der Waals surface area contributed by atoms with E-state index in [1.165, 1.54) is 56.0 Å². The van der Waals surface area contributed by atoms with Gasteiger partial charge in [0.05, 0.1) is 28.2 Å². The highest BCUT2D eigenvalue weighted by molar-refractivity contribution is 5.66. The van der Waals surface area contributed by atoms with E-state index in [9.17, 15) is 40.2 Å². The lowest BCUT2D eigenvalue weighted by Gasteiger charge is -2.22. The Bertz CT molecular complexity index is 3110. The van der Waals surface area contributed by atoms with Crippen molar-refractivity contribution in [2.75, 3.05) is 52.0 Å². The van der Waals surface area contributed by atoms with E-state index in [1.807, 2.05) is 59.9 Å². The van der Waals surface area contributed by atoms with Gasteiger partial charge in [0, 0.05) is 107 Å². The minimum atomic E-state index is -4.54. The van der Waals surface area contributed by atoms with Crippen LogP contribution < -0.4 is 21.9 Å². The van der Waals surface area contributed by atoms with Crippen LogP contribution >= 0.6 is 0 Å². The largest absolute Gasteiger partial charge is 0.431 e. The predicted octanol–water partition coefficient (Wildman–Crippen LogP) is 11.8. The van der Waals surface area contributed by atoms with Crippen molar-refractivity contribution in [2.24, 2.45) is 41.4 Å². The van der Waals surface area contributed by atoms with Gasteiger partial charge in [0.1, 0.15) is 11.6 Å². The second kappa shape index (κ2) is 22.5. The number of nitrogen functional groups attached to an aromatic ring is 3. The number of fused-ring (bicyclic) bond motifs is 3. The fourth-order valence-electron chi connectivity index (χ4n) is 14.0. The van der Waals surface area contributed by atoms with Crippen molar-refractivity contribution in [1.29, 1.82) is 0 Å². The van der Waals surface area contributed by atoms with Gasteiger partial charge < -0.3 is 36.8 Å². The highest BCUT2D eigenvalue weighted by Gasteiger charge is 2.60. The van der Waals surface area contributed by atoms with E-state index in [2.05, 4.69) is 81.7 Å². The smallest absolute Gasteiger partial charge is 0.419 e.